The third-order valence-electron chi connectivity index (χ3n) is 8.39. The lowest BCUT2D eigenvalue weighted by molar-refractivity contribution is 0.198. The number of fused-ring (bicyclic) bond motifs is 1. The van der Waals surface area contributed by atoms with Crippen molar-refractivity contribution in [1.29, 1.82) is 0 Å². The molecule has 3 aromatic heterocycles. The van der Waals surface area contributed by atoms with Crippen molar-refractivity contribution in [3.8, 4) is 11.3 Å². The fraction of sp³-hybridized carbons (Fsp3) is 0.387. The molecule has 0 bridgehead atoms. The van der Waals surface area contributed by atoms with E-state index in [9.17, 15) is 17.6 Å². The van der Waals surface area contributed by atoms with E-state index in [2.05, 4.69) is 27.5 Å². The average Bonchev–Trinajstić information content (AvgIpc) is 3.59. The maximum atomic E-state index is 15.3. The van der Waals surface area contributed by atoms with Crippen LogP contribution in [0.5, 0.6) is 0 Å². The molecule has 1 aliphatic heterocycles. The van der Waals surface area contributed by atoms with Crippen molar-refractivity contribution in [2.24, 2.45) is 5.92 Å². The first-order valence-corrected chi connectivity index (χ1v) is 16.1. The van der Waals surface area contributed by atoms with Crippen molar-refractivity contribution in [1.82, 2.24) is 24.2 Å². The molecule has 9 nitrogen and oxygen atoms in total. The van der Waals surface area contributed by atoms with Crippen LogP contribution in [0, 0.1) is 30.3 Å². The van der Waals surface area contributed by atoms with Crippen LogP contribution in [0.15, 0.2) is 53.7 Å². The predicted molar refractivity (Wildman–Crippen MR) is 160 cm³/mol. The van der Waals surface area contributed by atoms with Crippen LogP contribution in [-0.2, 0) is 10.0 Å². The quantitative estimate of drug-likeness (QED) is 0.279. The van der Waals surface area contributed by atoms with Crippen molar-refractivity contribution >= 4 is 32.9 Å². The summed E-state index contributed by atoms with van der Waals surface area (Å²) in [5.74, 6) is -2.49. The van der Waals surface area contributed by atoms with Crippen LogP contribution in [0.4, 0.5) is 23.8 Å². The van der Waals surface area contributed by atoms with Crippen molar-refractivity contribution < 1.29 is 26.4 Å². The van der Waals surface area contributed by atoms with Gasteiger partial charge in [-0.05, 0) is 63.1 Å². The Labute approximate surface area is 253 Å². The van der Waals surface area contributed by atoms with Crippen molar-refractivity contribution in [2.45, 2.75) is 62.9 Å². The van der Waals surface area contributed by atoms with Gasteiger partial charge >= 0.3 is 6.03 Å². The number of nitrogens with zero attached hydrogens (tertiary/aromatic N) is 4. The number of pyridine rings is 2. The average molecular weight is 627 g/mol. The van der Waals surface area contributed by atoms with E-state index in [1.54, 1.807) is 12.1 Å². The number of carbonyl (C=O) groups excluding carboxylic acids is 1. The highest BCUT2D eigenvalue weighted by atomic mass is 32.2. The first-order chi connectivity index (χ1) is 21.0. The van der Waals surface area contributed by atoms with Crippen LogP contribution in [-0.4, -0.2) is 58.5 Å². The van der Waals surface area contributed by atoms with Crippen LogP contribution in [0.1, 0.15) is 44.6 Å². The molecule has 1 aromatic carbocycles. The molecule has 3 atom stereocenters. The summed E-state index contributed by atoms with van der Waals surface area (Å²) in [6, 6.07) is 7.39. The Bertz CT molecular complexity index is 1830. The van der Waals surface area contributed by atoms with Gasteiger partial charge < -0.3 is 15.5 Å². The minimum atomic E-state index is -4.21. The third-order valence-corrected chi connectivity index (χ3v) is 10.1. The van der Waals surface area contributed by atoms with Crippen LogP contribution in [0.3, 0.4) is 0 Å². The third kappa shape index (κ3) is 5.84. The van der Waals surface area contributed by atoms with E-state index in [0.29, 0.717) is 24.8 Å². The zero-order valence-electron chi connectivity index (χ0n) is 24.4. The van der Waals surface area contributed by atoms with Gasteiger partial charge in [0.2, 0.25) is 0 Å². The molecule has 0 spiro atoms. The Morgan fingerprint density at radius 1 is 1.02 bits per heavy atom. The number of urea groups is 1. The van der Waals surface area contributed by atoms with Gasteiger partial charge in [0, 0.05) is 48.4 Å². The van der Waals surface area contributed by atoms with E-state index in [-0.39, 0.29) is 51.1 Å². The van der Waals surface area contributed by atoms with E-state index >= 15 is 8.78 Å². The van der Waals surface area contributed by atoms with Gasteiger partial charge in [-0.2, -0.15) is 0 Å². The van der Waals surface area contributed by atoms with Crippen LogP contribution in [0.2, 0.25) is 0 Å². The SMILES string of the molecule is Cc1ccc(S(=O)(=O)n2cc(-c3nc(NC4CCC[C@@H](NC(=O)N5CC[C@H](C)C5)C4)c(F)cc3F)c3cc(F)cnc32)cc1. The molecule has 1 saturated carbocycles. The Hall–Kier alpha value is -4.13. The van der Waals surface area contributed by atoms with E-state index in [4.69, 9.17) is 0 Å². The molecule has 13 heteroatoms. The minimum absolute atomic E-state index is 0.00122. The Morgan fingerprint density at radius 2 is 1.77 bits per heavy atom. The molecule has 4 aromatic rings. The summed E-state index contributed by atoms with van der Waals surface area (Å²) in [6.45, 7) is 5.37. The second-order valence-electron chi connectivity index (χ2n) is 11.8. The normalized spacial score (nSPS) is 20.7. The Balaban J connectivity index is 1.30. The van der Waals surface area contributed by atoms with Gasteiger partial charge in [-0.3, -0.25) is 0 Å². The summed E-state index contributed by atoms with van der Waals surface area (Å²) in [7, 11) is -4.21. The number of nitrogens with one attached hydrogen (secondary N) is 2. The molecular weight excluding hydrogens is 593 g/mol. The molecule has 2 amide bonds. The van der Waals surface area contributed by atoms with E-state index in [0.717, 1.165) is 60.3 Å². The number of benzene rings is 1. The summed E-state index contributed by atoms with van der Waals surface area (Å²) < 4.78 is 72.8. The smallest absolute Gasteiger partial charge is 0.317 e. The molecule has 2 N–H and O–H groups in total. The Morgan fingerprint density at radius 3 is 2.50 bits per heavy atom. The number of aromatic nitrogens is 3. The zero-order valence-corrected chi connectivity index (χ0v) is 25.2. The second-order valence-corrected chi connectivity index (χ2v) is 13.6. The number of aryl methyl sites for hydroxylation is 1. The highest BCUT2D eigenvalue weighted by molar-refractivity contribution is 7.90. The minimum Gasteiger partial charge on any atom is -0.365 e. The molecule has 2 aliphatic rings. The molecule has 2 fully saturated rings. The van der Waals surface area contributed by atoms with E-state index in [1.807, 2.05) is 11.8 Å². The number of anilines is 1. The van der Waals surface area contributed by atoms with Gasteiger partial charge in [-0.1, -0.05) is 24.6 Å². The summed E-state index contributed by atoms with van der Waals surface area (Å²) in [5.41, 5.74) is 0.317. The second kappa shape index (κ2) is 11.8. The number of rotatable bonds is 6. The molecule has 1 unspecified atom stereocenters. The van der Waals surface area contributed by atoms with E-state index in [1.165, 1.54) is 12.1 Å². The van der Waals surface area contributed by atoms with Gasteiger partial charge in [0.15, 0.2) is 23.1 Å². The molecular formula is C31H33F3N6O3S. The summed E-state index contributed by atoms with van der Waals surface area (Å²) in [4.78, 5) is 22.7. The molecule has 44 heavy (non-hydrogen) atoms. The lowest BCUT2D eigenvalue weighted by atomic mass is 9.91. The zero-order chi connectivity index (χ0) is 31.2. The van der Waals surface area contributed by atoms with Gasteiger partial charge in [0.1, 0.15) is 11.5 Å². The maximum absolute atomic E-state index is 15.3. The van der Waals surface area contributed by atoms with Gasteiger partial charge in [0.05, 0.1) is 11.1 Å². The van der Waals surface area contributed by atoms with Crippen LogP contribution >= 0.6 is 0 Å². The van der Waals surface area contributed by atoms with Gasteiger partial charge in [-0.15, -0.1) is 0 Å². The summed E-state index contributed by atoms with van der Waals surface area (Å²) in [5, 5.41) is 6.15. The monoisotopic (exact) mass is 626 g/mol. The fourth-order valence-corrected chi connectivity index (χ4v) is 7.36. The summed E-state index contributed by atoms with van der Waals surface area (Å²) >= 11 is 0. The molecule has 1 saturated heterocycles. The highest BCUT2D eigenvalue weighted by Gasteiger charge is 2.30. The molecule has 6 rings (SSSR count). The topological polar surface area (TPSA) is 109 Å². The number of likely N-dealkylation sites (tertiary alicyclic amines) is 1. The number of halogens is 3. The van der Waals surface area contributed by atoms with E-state index < -0.39 is 27.5 Å². The van der Waals surface area contributed by atoms with Gasteiger partial charge in [0.25, 0.3) is 10.0 Å². The molecule has 1 aliphatic carbocycles. The van der Waals surface area contributed by atoms with Crippen molar-refractivity contribution in [3.63, 3.8) is 0 Å². The largest absolute Gasteiger partial charge is 0.365 e. The maximum Gasteiger partial charge on any atom is 0.317 e. The number of carbonyl (C=O) groups is 1. The standard InChI is InChI=1S/C31H33F3N6O3S/c1-18-6-8-23(9-7-18)44(42,43)40-17-25(24-12-20(32)15-35-30(24)40)28-26(33)14-27(34)29(38-28)36-21-4-3-5-22(13-21)37-31(41)39-11-10-19(2)16-39/h6-9,12,14-15,17,19,21-22H,3-5,10-11,13,16H2,1-2H3,(H,36,38)(H,37,41)/t19-,21?,22+/m0/s1. The summed E-state index contributed by atoms with van der Waals surface area (Å²) in [6.07, 6.45) is 5.74. The first kappa shape index (κ1) is 29.9. The lowest BCUT2D eigenvalue weighted by Gasteiger charge is -2.32. The van der Waals surface area contributed by atoms with Crippen LogP contribution < -0.4 is 10.6 Å². The predicted octanol–water partition coefficient (Wildman–Crippen LogP) is 5.84. The lowest BCUT2D eigenvalue weighted by Crippen LogP contribution is -2.47. The fourth-order valence-electron chi connectivity index (χ4n) is 6.04. The highest BCUT2D eigenvalue weighted by Crippen LogP contribution is 2.35. The Kier molecular flexibility index (Phi) is 7.99. The number of hydrogen-bond acceptors (Lipinski definition) is 6. The van der Waals surface area contributed by atoms with Gasteiger partial charge in [-0.25, -0.2) is 40.3 Å². The number of amides is 2. The van der Waals surface area contributed by atoms with Crippen LogP contribution in [0.25, 0.3) is 22.3 Å². The molecule has 232 valence electrons. The molecule has 0 radical (unpaired) electrons. The number of hydrogen-bond donors (Lipinski definition) is 2. The van der Waals surface area contributed by atoms with Crippen molar-refractivity contribution in [2.75, 3.05) is 18.4 Å². The molecule has 4 heterocycles. The first-order valence-electron chi connectivity index (χ1n) is 14.7. The van der Waals surface area contributed by atoms with Crippen molar-refractivity contribution in [3.05, 3.63) is 71.8 Å².